The number of alkyl halides is 3. The maximum atomic E-state index is 12.7. The Morgan fingerprint density at radius 3 is 2.73 bits per heavy atom. The molecule has 0 saturated carbocycles. The number of benzene rings is 1. The number of aromatic nitrogens is 2. The summed E-state index contributed by atoms with van der Waals surface area (Å²) in [6.07, 6.45) is -0.619. The van der Waals surface area contributed by atoms with Crippen LogP contribution >= 0.6 is 0 Å². The number of rotatable bonds is 4. The molecule has 1 aromatic carbocycles. The van der Waals surface area contributed by atoms with Gasteiger partial charge in [0.25, 0.3) is 5.91 Å². The van der Waals surface area contributed by atoms with Crippen molar-refractivity contribution in [3.63, 3.8) is 0 Å². The first kappa shape index (κ1) is 17.2. The normalized spacial score (nSPS) is 12.0. The third-order valence-corrected chi connectivity index (χ3v) is 3.35. The molecule has 8 nitrogen and oxygen atoms in total. The van der Waals surface area contributed by atoms with E-state index < -0.39 is 28.5 Å². The number of fused-ring (bicyclic) bond motifs is 1. The van der Waals surface area contributed by atoms with E-state index in [1.165, 1.54) is 29.4 Å². The Bertz CT molecular complexity index is 1020. The molecule has 0 bridgehead atoms. The number of furan rings is 1. The second-order valence-corrected chi connectivity index (χ2v) is 5.04. The van der Waals surface area contributed by atoms with Crippen LogP contribution in [0.5, 0.6) is 0 Å². The van der Waals surface area contributed by atoms with Crippen molar-refractivity contribution < 1.29 is 27.3 Å². The molecule has 1 N–H and O–H groups in total. The Balaban J connectivity index is 1.74. The molecule has 134 valence electrons. The molecule has 0 atom stereocenters. The van der Waals surface area contributed by atoms with Crippen LogP contribution in [0.1, 0.15) is 16.1 Å². The topological polar surface area (TPSA) is 103 Å². The minimum atomic E-state index is -4.46. The van der Waals surface area contributed by atoms with Crippen molar-refractivity contribution in [2.24, 2.45) is 0 Å². The zero-order valence-corrected chi connectivity index (χ0v) is 12.7. The molecule has 0 aliphatic carbocycles. The van der Waals surface area contributed by atoms with E-state index in [0.717, 1.165) is 24.3 Å². The van der Waals surface area contributed by atoms with Gasteiger partial charge in [-0.05, 0) is 24.3 Å². The summed E-state index contributed by atoms with van der Waals surface area (Å²) in [5, 5.41) is 12.8. The molecule has 0 saturated heterocycles. The molecule has 2 aromatic heterocycles. The quantitative estimate of drug-likeness (QED) is 0.563. The lowest BCUT2D eigenvalue weighted by atomic mass is 10.2. The van der Waals surface area contributed by atoms with Gasteiger partial charge < -0.3 is 14.3 Å². The summed E-state index contributed by atoms with van der Waals surface area (Å²) < 4.78 is 44.2. The van der Waals surface area contributed by atoms with E-state index in [2.05, 4.69) is 10.3 Å². The third-order valence-electron chi connectivity index (χ3n) is 3.35. The van der Waals surface area contributed by atoms with Crippen molar-refractivity contribution in [1.82, 2.24) is 14.9 Å². The summed E-state index contributed by atoms with van der Waals surface area (Å²) in [5.41, 5.74) is -0.276. The van der Waals surface area contributed by atoms with Crippen LogP contribution in [0.4, 0.5) is 19.1 Å². The van der Waals surface area contributed by atoms with Gasteiger partial charge in [-0.3, -0.25) is 14.9 Å². The molecule has 26 heavy (non-hydrogen) atoms. The zero-order valence-electron chi connectivity index (χ0n) is 12.7. The Labute approximate surface area is 142 Å². The molecule has 0 fully saturated rings. The monoisotopic (exact) mass is 366 g/mol. The van der Waals surface area contributed by atoms with Gasteiger partial charge in [-0.1, -0.05) is 0 Å². The van der Waals surface area contributed by atoms with Crippen LogP contribution in [0.3, 0.4) is 0 Å². The second-order valence-electron chi connectivity index (χ2n) is 5.04. The highest BCUT2D eigenvalue weighted by Crippen LogP contribution is 2.31. The minimum Gasteiger partial charge on any atom is -0.395 e. The SMILES string of the molecule is O=C(NC=Cn1cnc2cc(C(F)(F)F)ccc21)c1ccc([N+](=O)[O-])o1. The lowest BCUT2D eigenvalue weighted by Gasteiger charge is -2.06. The number of nitrogens with zero attached hydrogens (tertiary/aromatic N) is 3. The van der Waals surface area contributed by atoms with Gasteiger partial charge in [0, 0.05) is 12.4 Å². The van der Waals surface area contributed by atoms with Crippen molar-refractivity contribution in [3.8, 4) is 0 Å². The van der Waals surface area contributed by atoms with Gasteiger partial charge in [-0.2, -0.15) is 13.2 Å². The standard InChI is InChI=1S/C15H9F3N4O4/c16-15(17,18)9-1-2-11-10(7-9)20-8-21(11)6-5-19-14(23)12-3-4-13(26-12)22(24)25/h1-8H,(H,19,23). The average Bonchev–Trinajstić information content (AvgIpc) is 3.21. The van der Waals surface area contributed by atoms with Gasteiger partial charge in [0.1, 0.15) is 4.92 Å². The van der Waals surface area contributed by atoms with Crippen LogP contribution in [-0.4, -0.2) is 20.4 Å². The molecule has 0 radical (unpaired) electrons. The van der Waals surface area contributed by atoms with E-state index in [1.54, 1.807) is 0 Å². The number of hydrogen-bond acceptors (Lipinski definition) is 5. The van der Waals surface area contributed by atoms with Gasteiger partial charge in [0.2, 0.25) is 0 Å². The van der Waals surface area contributed by atoms with E-state index in [0.29, 0.717) is 5.52 Å². The van der Waals surface area contributed by atoms with Crippen LogP contribution < -0.4 is 5.32 Å². The van der Waals surface area contributed by atoms with Crippen LogP contribution in [0.25, 0.3) is 17.2 Å². The minimum absolute atomic E-state index is 0.137. The Morgan fingerprint density at radius 2 is 2.08 bits per heavy atom. The molecule has 0 aliphatic rings. The summed E-state index contributed by atoms with van der Waals surface area (Å²) in [5.74, 6) is -1.55. The summed E-state index contributed by atoms with van der Waals surface area (Å²) in [4.78, 5) is 25.4. The van der Waals surface area contributed by atoms with Crippen molar-refractivity contribution in [1.29, 1.82) is 0 Å². The molecule has 0 aliphatic heterocycles. The van der Waals surface area contributed by atoms with Crippen molar-refractivity contribution >= 4 is 29.0 Å². The number of carbonyl (C=O) groups excluding carboxylic acids is 1. The zero-order chi connectivity index (χ0) is 18.9. The fourth-order valence-electron chi connectivity index (χ4n) is 2.14. The number of imidazole rings is 1. The summed E-state index contributed by atoms with van der Waals surface area (Å²) >= 11 is 0. The smallest absolute Gasteiger partial charge is 0.395 e. The highest BCUT2D eigenvalue weighted by atomic mass is 19.4. The largest absolute Gasteiger partial charge is 0.433 e. The summed E-state index contributed by atoms with van der Waals surface area (Å²) in [7, 11) is 0. The Kier molecular flexibility index (Phi) is 4.20. The number of halogens is 3. The molecule has 3 aromatic rings. The van der Waals surface area contributed by atoms with Crippen LogP contribution in [0.15, 0.2) is 47.3 Å². The van der Waals surface area contributed by atoms with Crippen molar-refractivity contribution in [2.75, 3.05) is 0 Å². The van der Waals surface area contributed by atoms with E-state index in [4.69, 9.17) is 4.42 Å². The maximum absolute atomic E-state index is 12.7. The van der Waals surface area contributed by atoms with Crippen molar-refractivity contribution in [2.45, 2.75) is 6.18 Å². The predicted octanol–water partition coefficient (Wildman–Crippen LogP) is 3.41. The molecular formula is C15H9F3N4O4. The first-order chi connectivity index (χ1) is 12.3. The average molecular weight is 366 g/mol. The van der Waals surface area contributed by atoms with Gasteiger partial charge >= 0.3 is 12.1 Å². The lowest BCUT2D eigenvalue weighted by Crippen LogP contribution is -2.16. The maximum Gasteiger partial charge on any atom is 0.433 e. The Hall–Kier alpha value is -3.63. The van der Waals surface area contributed by atoms with E-state index >= 15 is 0 Å². The number of hydrogen-bond donors (Lipinski definition) is 1. The van der Waals surface area contributed by atoms with Gasteiger partial charge in [0.05, 0.1) is 29.0 Å². The summed E-state index contributed by atoms with van der Waals surface area (Å²) in [6, 6.07) is 5.29. The molecular weight excluding hydrogens is 357 g/mol. The van der Waals surface area contributed by atoms with Gasteiger partial charge in [-0.15, -0.1) is 0 Å². The molecule has 0 spiro atoms. The molecule has 1 amide bonds. The second kappa shape index (κ2) is 6.35. The van der Waals surface area contributed by atoms with E-state index in [1.807, 2.05) is 0 Å². The fraction of sp³-hybridized carbons (Fsp3) is 0.0667. The molecule has 2 heterocycles. The first-order valence-electron chi connectivity index (χ1n) is 7.01. The highest BCUT2D eigenvalue weighted by Gasteiger charge is 2.30. The van der Waals surface area contributed by atoms with Gasteiger partial charge in [-0.25, -0.2) is 4.98 Å². The van der Waals surface area contributed by atoms with Crippen LogP contribution in [-0.2, 0) is 6.18 Å². The van der Waals surface area contributed by atoms with Crippen molar-refractivity contribution in [3.05, 3.63) is 64.3 Å². The highest BCUT2D eigenvalue weighted by molar-refractivity contribution is 5.92. The molecule has 3 rings (SSSR count). The predicted molar refractivity (Wildman–Crippen MR) is 82.9 cm³/mol. The summed E-state index contributed by atoms with van der Waals surface area (Å²) in [6.45, 7) is 0. The number of amides is 1. The third kappa shape index (κ3) is 3.41. The fourth-order valence-corrected chi connectivity index (χ4v) is 2.14. The number of nitro groups is 1. The number of carbonyl (C=O) groups is 1. The lowest BCUT2D eigenvalue weighted by molar-refractivity contribution is -0.402. The molecule has 0 unspecified atom stereocenters. The van der Waals surface area contributed by atoms with Gasteiger partial charge in [0.15, 0.2) is 5.76 Å². The van der Waals surface area contributed by atoms with Crippen LogP contribution in [0.2, 0.25) is 0 Å². The van der Waals surface area contributed by atoms with Crippen LogP contribution in [0, 0.1) is 10.1 Å². The molecule has 11 heteroatoms. The number of nitrogens with one attached hydrogen (secondary N) is 1. The van der Waals surface area contributed by atoms with E-state index in [-0.39, 0.29) is 11.3 Å². The Morgan fingerprint density at radius 1 is 1.31 bits per heavy atom. The first-order valence-corrected chi connectivity index (χ1v) is 7.01. The van der Waals surface area contributed by atoms with E-state index in [9.17, 15) is 28.1 Å².